The SMILES string of the molecule is CC(C(C(=O)O)c1ccc(Cn2nc(C(F)(F)F)ccc2=O)cc1)C(F)(F)F. The van der Waals surface area contributed by atoms with Crippen LogP contribution in [0.3, 0.4) is 0 Å². The lowest BCUT2D eigenvalue weighted by Crippen LogP contribution is -2.31. The fourth-order valence-electron chi connectivity index (χ4n) is 2.55. The second-order valence-corrected chi connectivity index (χ2v) is 6.10. The summed E-state index contributed by atoms with van der Waals surface area (Å²) in [5, 5.41) is 12.4. The number of aromatic nitrogens is 2. The van der Waals surface area contributed by atoms with Crippen molar-refractivity contribution in [2.75, 3.05) is 0 Å². The summed E-state index contributed by atoms with van der Waals surface area (Å²) < 4.78 is 77.3. The van der Waals surface area contributed by atoms with E-state index in [0.29, 0.717) is 16.8 Å². The molecular formula is C17H14F6N2O3. The Morgan fingerprint density at radius 2 is 1.64 bits per heavy atom. The third-order valence-corrected chi connectivity index (χ3v) is 4.11. The topological polar surface area (TPSA) is 72.2 Å². The number of aliphatic carboxylic acids is 1. The molecule has 0 radical (unpaired) electrons. The van der Waals surface area contributed by atoms with Gasteiger partial charge in [0.15, 0.2) is 5.69 Å². The summed E-state index contributed by atoms with van der Waals surface area (Å²) in [6, 6.07) is 5.99. The van der Waals surface area contributed by atoms with Crippen molar-refractivity contribution in [3.63, 3.8) is 0 Å². The highest BCUT2D eigenvalue weighted by atomic mass is 19.4. The van der Waals surface area contributed by atoms with Gasteiger partial charge >= 0.3 is 18.3 Å². The zero-order valence-corrected chi connectivity index (χ0v) is 14.3. The highest BCUT2D eigenvalue weighted by Gasteiger charge is 2.45. The van der Waals surface area contributed by atoms with Gasteiger partial charge in [-0.2, -0.15) is 31.4 Å². The number of alkyl halides is 6. The molecule has 2 rings (SSSR count). The maximum absolute atomic E-state index is 12.9. The van der Waals surface area contributed by atoms with Crippen LogP contribution in [0.5, 0.6) is 0 Å². The van der Waals surface area contributed by atoms with Gasteiger partial charge in [-0.1, -0.05) is 31.2 Å². The van der Waals surface area contributed by atoms with Gasteiger partial charge in [0.1, 0.15) is 0 Å². The van der Waals surface area contributed by atoms with Crippen LogP contribution in [0.4, 0.5) is 26.3 Å². The van der Waals surface area contributed by atoms with Gasteiger partial charge in [0.05, 0.1) is 18.4 Å². The summed E-state index contributed by atoms with van der Waals surface area (Å²) >= 11 is 0. The molecule has 5 nitrogen and oxygen atoms in total. The average Bonchev–Trinajstić information content (AvgIpc) is 2.56. The van der Waals surface area contributed by atoms with Gasteiger partial charge in [-0.05, 0) is 17.2 Å². The quantitative estimate of drug-likeness (QED) is 0.767. The molecule has 0 fully saturated rings. The minimum absolute atomic E-state index is 0.120. The molecule has 28 heavy (non-hydrogen) atoms. The number of hydrogen-bond donors (Lipinski definition) is 1. The van der Waals surface area contributed by atoms with E-state index in [-0.39, 0.29) is 17.7 Å². The van der Waals surface area contributed by atoms with Crippen molar-refractivity contribution >= 4 is 5.97 Å². The first-order valence-corrected chi connectivity index (χ1v) is 7.84. The third-order valence-electron chi connectivity index (χ3n) is 4.11. The number of halogens is 6. The van der Waals surface area contributed by atoms with E-state index < -0.39 is 41.4 Å². The molecule has 2 unspecified atom stereocenters. The molecule has 2 aromatic rings. The Kier molecular flexibility index (Phi) is 5.86. The summed E-state index contributed by atoms with van der Waals surface area (Å²) in [5.41, 5.74) is -1.92. The van der Waals surface area contributed by atoms with E-state index in [4.69, 9.17) is 5.11 Å². The van der Waals surface area contributed by atoms with E-state index in [0.717, 1.165) is 19.1 Å². The van der Waals surface area contributed by atoms with E-state index in [1.807, 2.05) is 0 Å². The number of carboxylic acids is 1. The van der Waals surface area contributed by atoms with E-state index >= 15 is 0 Å². The van der Waals surface area contributed by atoms with Crippen molar-refractivity contribution < 1.29 is 36.2 Å². The molecule has 0 saturated carbocycles. The lowest BCUT2D eigenvalue weighted by Gasteiger charge is -2.23. The Balaban J connectivity index is 2.30. The fourth-order valence-corrected chi connectivity index (χ4v) is 2.55. The van der Waals surface area contributed by atoms with Crippen molar-refractivity contribution in [2.24, 2.45) is 5.92 Å². The monoisotopic (exact) mass is 408 g/mol. The lowest BCUT2D eigenvalue weighted by atomic mass is 9.86. The van der Waals surface area contributed by atoms with E-state index in [2.05, 4.69) is 5.10 Å². The maximum Gasteiger partial charge on any atom is 0.435 e. The smallest absolute Gasteiger partial charge is 0.435 e. The predicted molar refractivity (Wildman–Crippen MR) is 84.6 cm³/mol. The summed E-state index contributed by atoms with van der Waals surface area (Å²) in [5.74, 6) is -5.65. The maximum atomic E-state index is 12.9. The Morgan fingerprint density at radius 1 is 1.07 bits per heavy atom. The molecule has 1 aromatic carbocycles. The van der Waals surface area contributed by atoms with Crippen LogP contribution >= 0.6 is 0 Å². The first kappa shape index (κ1) is 21.5. The van der Waals surface area contributed by atoms with E-state index in [1.54, 1.807) is 0 Å². The first-order valence-electron chi connectivity index (χ1n) is 7.84. The van der Waals surface area contributed by atoms with Crippen LogP contribution in [0.1, 0.15) is 29.7 Å². The zero-order valence-electron chi connectivity index (χ0n) is 14.3. The molecule has 0 aliphatic rings. The Labute approximate surface area is 154 Å². The molecule has 1 aromatic heterocycles. The van der Waals surface area contributed by atoms with Crippen LogP contribution in [0, 0.1) is 5.92 Å². The molecule has 0 spiro atoms. The molecule has 0 aliphatic carbocycles. The molecule has 2 atom stereocenters. The van der Waals surface area contributed by atoms with E-state index in [9.17, 15) is 35.9 Å². The summed E-state index contributed by atoms with van der Waals surface area (Å²) in [6.07, 6.45) is -9.47. The Hall–Kier alpha value is -2.85. The molecule has 0 bridgehead atoms. The van der Waals surface area contributed by atoms with Gasteiger partial charge in [0, 0.05) is 6.07 Å². The second kappa shape index (κ2) is 7.64. The van der Waals surface area contributed by atoms with E-state index in [1.165, 1.54) is 12.1 Å². The summed E-state index contributed by atoms with van der Waals surface area (Å²) in [4.78, 5) is 23.0. The highest BCUT2D eigenvalue weighted by molar-refractivity contribution is 5.76. The molecule has 0 aliphatic heterocycles. The lowest BCUT2D eigenvalue weighted by molar-refractivity contribution is -0.183. The van der Waals surface area contributed by atoms with Crippen LogP contribution in [0.2, 0.25) is 0 Å². The largest absolute Gasteiger partial charge is 0.481 e. The first-order chi connectivity index (χ1) is 12.8. The third kappa shape index (κ3) is 4.90. The van der Waals surface area contributed by atoms with Gasteiger partial charge in [-0.25, -0.2) is 4.68 Å². The molecule has 1 heterocycles. The normalized spacial score (nSPS) is 14.5. The molecule has 0 saturated heterocycles. The summed E-state index contributed by atoms with van der Waals surface area (Å²) in [6.45, 7) is 0.383. The Morgan fingerprint density at radius 3 is 2.11 bits per heavy atom. The van der Waals surface area contributed by atoms with Crippen molar-refractivity contribution in [3.05, 3.63) is 63.6 Å². The van der Waals surface area contributed by atoms with Crippen LogP contribution in [0.25, 0.3) is 0 Å². The van der Waals surface area contributed by atoms with Gasteiger partial charge in [0.25, 0.3) is 5.56 Å². The minimum Gasteiger partial charge on any atom is -0.481 e. The van der Waals surface area contributed by atoms with Gasteiger partial charge < -0.3 is 5.11 Å². The van der Waals surface area contributed by atoms with Gasteiger partial charge in [-0.3, -0.25) is 9.59 Å². The number of rotatable bonds is 5. The zero-order chi connectivity index (χ0) is 21.3. The van der Waals surface area contributed by atoms with Crippen molar-refractivity contribution in [1.29, 1.82) is 0 Å². The predicted octanol–water partition coefficient (Wildman–Crippen LogP) is 3.68. The standard InChI is InChI=1S/C17H14F6N2O3/c1-9(16(18,19)20)14(15(27)28)11-4-2-10(3-5-11)8-25-13(26)7-6-12(24-25)17(21,22)23/h2-7,9,14H,8H2,1H3,(H,27,28). The van der Waals surface area contributed by atoms with Crippen LogP contribution in [-0.2, 0) is 17.5 Å². The number of hydrogen-bond acceptors (Lipinski definition) is 3. The Bertz CT molecular complexity index is 903. The number of nitrogens with zero attached hydrogens (tertiary/aromatic N) is 2. The molecule has 0 amide bonds. The van der Waals surface area contributed by atoms with Crippen molar-refractivity contribution in [1.82, 2.24) is 9.78 Å². The van der Waals surface area contributed by atoms with Gasteiger partial charge in [0.2, 0.25) is 0 Å². The fraction of sp³-hybridized carbons (Fsp3) is 0.353. The molecule has 1 N–H and O–H groups in total. The van der Waals surface area contributed by atoms with Crippen LogP contribution in [0.15, 0.2) is 41.2 Å². The van der Waals surface area contributed by atoms with Gasteiger partial charge in [-0.15, -0.1) is 0 Å². The number of carboxylic acid groups (broad SMARTS) is 1. The average molecular weight is 408 g/mol. The molecule has 152 valence electrons. The summed E-state index contributed by atoms with van der Waals surface area (Å²) in [7, 11) is 0. The van der Waals surface area contributed by atoms with Crippen LogP contribution in [-0.4, -0.2) is 27.0 Å². The highest BCUT2D eigenvalue weighted by Crippen LogP contribution is 2.37. The second-order valence-electron chi connectivity index (χ2n) is 6.10. The number of carbonyl (C=O) groups is 1. The van der Waals surface area contributed by atoms with Crippen LogP contribution < -0.4 is 5.56 Å². The number of benzene rings is 1. The van der Waals surface area contributed by atoms with Crippen molar-refractivity contribution in [2.45, 2.75) is 31.7 Å². The molecule has 11 heteroatoms. The minimum atomic E-state index is -4.75. The van der Waals surface area contributed by atoms with Crippen molar-refractivity contribution in [3.8, 4) is 0 Å². The molecular weight excluding hydrogens is 394 g/mol.